The van der Waals surface area contributed by atoms with Gasteiger partial charge in [-0.1, -0.05) is 26.0 Å². The van der Waals surface area contributed by atoms with Crippen LogP contribution in [0.4, 0.5) is 5.69 Å². The normalized spacial score (nSPS) is 10.7. The summed E-state index contributed by atoms with van der Waals surface area (Å²) in [5.74, 6) is 0.541. The number of thiazole rings is 1. The highest BCUT2D eigenvalue weighted by molar-refractivity contribution is 7.07. The highest BCUT2D eigenvalue weighted by atomic mass is 32.1. The maximum Gasteiger partial charge on any atom is 0.224 e. The fraction of sp³-hybridized carbons (Fsp3) is 0.333. The molecule has 4 heteroatoms. The number of hydrogen-bond donors (Lipinski definition) is 1. The van der Waals surface area contributed by atoms with E-state index < -0.39 is 0 Å². The molecule has 2 rings (SSSR count). The van der Waals surface area contributed by atoms with Gasteiger partial charge >= 0.3 is 0 Å². The van der Waals surface area contributed by atoms with E-state index in [-0.39, 0.29) is 5.91 Å². The van der Waals surface area contributed by atoms with Crippen LogP contribution in [0, 0.1) is 0 Å². The molecule has 0 aliphatic carbocycles. The molecule has 19 heavy (non-hydrogen) atoms. The van der Waals surface area contributed by atoms with Crippen molar-refractivity contribution in [1.29, 1.82) is 0 Å². The molecule has 2 aromatic rings. The molecule has 1 amide bonds. The summed E-state index contributed by atoms with van der Waals surface area (Å²) in [6.07, 6.45) is 1.16. The smallest absolute Gasteiger partial charge is 0.224 e. The zero-order chi connectivity index (χ0) is 13.7. The van der Waals surface area contributed by atoms with Crippen molar-refractivity contribution >= 4 is 22.9 Å². The van der Waals surface area contributed by atoms with E-state index in [1.165, 1.54) is 5.56 Å². The Morgan fingerprint density at radius 3 is 2.63 bits per heavy atom. The number of amides is 1. The lowest BCUT2D eigenvalue weighted by molar-refractivity contribution is -0.116. The number of benzene rings is 1. The minimum absolute atomic E-state index is 0.0327. The molecule has 1 aromatic carbocycles. The topological polar surface area (TPSA) is 42.0 Å². The van der Waals surface area contributed by atoms with Crippen LogP contribution in [-0.4, -0.2) is 10.9 Å². The number of aryl methyl sites for hydroxylation is 1. The summed E-state index contributed by atoms with van der Waals surface area (Å²) < 4.78 is 0. The fourth-order valence-electron chi connectivity index (χ4n) is 1.78. The second-order valence-corrected chi connectivity index (χ2v) is 5.52. The summed E-state index contributed by atoms with van der Waals surface area (Å²) in [4.78, 5) is 16.0. The van der Waals surface area contributed by atoms with Crippen molar-refractivity contribution in [3.63, 3.8) is 0 Å². The third-order valence-corrected chi connectivity index (χ3v) is 3.59. The zero-order valence-corrected chi connectivity index (χ0v) is 12.0. The number of carbonyl (C=O) groups excluding carboxylic acids is 1. The zero-order valence-electron chi connectivity index (χ0n) is 11.2. The van der Waals surface area contributed by atoms with Gasteiger partial charge in [0.25, 0.3) is 0 Å². The van der Waals surface area contributed by atoms with Gasteiger partial charge in [0, 0.05) is 17.5 Å². The van der Waals surface area contributed by atoms with E-state index in [0.29, 0.717) is 18.8 Å². The molecule has 0 atom stereocenters. The Bertz CT molecular complexity index is 518. The average molecular weight is 274 g/mol. The fourth-order valence-corrected chi connectivity index (χ4v) is 2.37. The molecule has 100 valence electrons. The predicted molar refractivity (Wildman–Crippen MR) is 79.6 cm³/mol. The number of carbonyl (C=O) groups is 1. The maximum absolute atomic E-state index is 11.8. The van der Waals surface area contributed by atoms with Crippen molar-refractivity contribution < 1.29 is 4.79 Å². The van der Waals surface area contributed by atoms with Gasteiger partial charge in [-0.05, 0) is 30.0 Å². The first-order valence-corrected chi connectivity index (χ1v) is 7.36. The van der Waals surface area contributed by atoms with E-state index in [9.17, 15) is 4.79 Å². The minimum atomic E-state index is 0.0327. The summed E-state index contributed by atoms with van der Waals surface area (Å²) in [5.41, 5.74) is 4.90. The molecule has 3 nitrogen and oxygen atoms in total. The highest BCUT2D eigenvalue weighted by Crippen LogP contribution is 2.17. The molecule has 0 unspecified atom stereocenters. The van der Waals surface area contributed by atoms with Crippen LogP contribution in [0.15, 0.2) is 35.2 Å². The second-order valence-electron chi connectivity index (χ2n) is 4.80. The first-order valence-electron chi connectivity index (χ1n) is 6.42. The molecular formula is C15H18N2OS. The summed E-state index contributed by atoms with van der Waals surface area (Å²) in [6, 6.07) is 8.02. The molecule has 1 aromatic heterocycles. The van der Waals surface area contributed by atoms with Crippen LogP contribution in [0.25, 0.3) is 0 Å². The Morgan fingerprint density at radius 1 is 1.32 bits per heavy atom. The molecular weight excluding hydrogens is 256 g/mol. The summed E-state index contributed by atoms with van der Waals surface area (Å²) in [7, 11) is 0. The van der Waals surface area contributed by atoms with Crippen molar-refractivity contribution in [3.05, 3.63) is 46.4 Å². The molecule has 0 fully saturated rings. The molecule has 0 bridgehead atoms. The van der Waals surface area contributed by atoms with Crippen molar-refractivity contribution in [3.8, 4) is 0 Å². The molecule has 0 aliphatic heterocycles. The van der Waals surface area contributed by atoms with Crippen LogP contribution in [0.5, 0.6) is 0 Å². The highest BCUT2D eigenvalue weighted by Gasteiger charge is 2.05. The van der Waals surface area contributed by atoms with E-state index in [2.05, 4.69) is 36.3 Å². The van der Waals surface area contributed by atoms with Crippen LogP contribution >= 0.6 is 11.3 Å². The summed E-state index contributed by atoms with van der Waals surface area (Å²) >= 11 is 1.56. The Labute approximate surface area is 117 Å². The van der Waals surface area contributed by atoms with Gasteiger partial charge in [-0.2, -0.15) is 0 Å². The monoisotopic (exact) mass is 274 g/mol. The van der Waals surface area contributed by atoms with Crippen LogP contribution < -0.4 is 5.32 Å². The van der Waals surface area contributed by atoms with Crippen LogP contribution in [0.1, 0.15) is 37.4 Å². The lowest BCUT2D eigenvalue weighted by atomic mass is 10.0. The van der Waals surface area contributed by atoms with Gasteiger partial charge in [0.2, 0.25) is 5.91 Å². The quantitative estimate of drug-likeness (QED) is 0.900. The molecule has 0 saturated carbocycles. The van der Waals surface area contributed by atoms with Crippen molar-refractivity contribution in [1.82, 2.24) is 4.98 Å². The van der Waals surface area contributed by atoms with Gasteiger partial charge in [0.15, 0.2) is 0 Å². The SMILES string of the molecule is CC(C)c1ccc(NC(=O)CCc2cscn2)cc1. The third-order valence-electron chi connectivity index (χ3n) is 2.95. The number of rotatable bonds is 5. The predicted octanol–water partition coefficient (Wildman–Crippen LogP) is 3.84. The van der Waals surface area contributed by atoms with Gasteiger partial charge in [-0.25, -0.2) is 4.98 Å². The Hall–Kier alpha value is -1.68. The molecule has 0 aliphatic rings. The molecule has 1 N–H and O–H groups in total. The Morgan fingerprint density at radius 2 is 2.05 bits per heavy atom. The van der Waals surface area contributed by atoms with E-state index >= 15 is 0 Å². The largest absolute Gasteiger partial charge is 0.326 e. The number of nitrogens with one attached hydrogen (secondary N) is 1. The number of anilines is 1. The minimum Gasteiger partial charge on any atom is -0.326 e. The molecule has 0 saturated heterocycles. The van der Waals surface area contributed by atoms with Gasteiger partial charge in [-0.15, -0.1) is 11.3 Å². The number of nitrogens with zero attached hydrogens (tertiary/aromatic N) is 1. The molecule has 1 heterocycles. The summed E-state index contributed by atoms with van der Waals surface area (Å²) in [5, 5.41) is 4.88. The van der Waals surface area contributed by atoms with Crippen molar-refractivity contribution in [2.75, 3.05) is 5.32 Å². The van der Waals surface area contributed by atoms with Crippen LogP contribution in [-0.2, 0) is 11.2 Å². The van der Waals surface area contributed by atoms with E-state index in [1.54, 1.807) is 16.8 Å². The van der Waals surface area contributed by atoms with Gasteiger partial charge < -0.3 is 5.32 Å². The Kier molecular flexibility index (Phi) is 4.68. The van der Waals surface area contributed by atoms with Crippen LogP contribution in [0.3, 0.4) is 0 Å². The second kappa shape index (κ2) is 6.48. The first kappa shape index (κ1) is 13.7. The molecule has 0 radical (unpaired) electrons. The average Bonchev–Trinajstić information content (AvgIpc) is 2.90. The molecule has 0 spiro atoms. The van der Waals surface area contributed by atoms with E-state index in [0.717, 1.165) is 11.4 Å². The van der Waals surface area contributed by atoms with Crippen LogP contribution in [0.2, 0.25) is 0 Å². The third kappa shape index (κ3) is 4.17. The van der Waals surface area contributed by atoms with E-state index in [1.807, 2.05) is 17.5 Å². The van der Waals surface area contributed by atoms with Gasteiger partial charge in [0.05, 0.1) is 11.2 Å². The summed E-state index contributed by atoms with van der Waals surface area (Å²) in [6.45, 7) is 4.31. The first-order chi connectivity index (χ1) is 9.15. The Balaban J connectivity index is 1.84. The van der Waals surface area contributed by atoms with Crippen molar-refractivity contribution in [2.45, 2.75) is 32.6 Å². The van der Waals surface area contributed by atoms with Gasteiger partial charge in [0.1, 0.15) is 0 Å². The van der Waals surface area contributed by atoms with E-state index in [4.69, 9.17) is 0 Å². The van der Waals surface area contributed by atoms with Crippen molar-refractivity contribution in [2.24, 2.45) is 0 Å². The van der Waals surface area contributed by atoms with Gasteiger partial charge in [-0.3, -0.25) is 4.79 Å². The lowest BCUT2D eigenvalue weighted by Crippen LogP contribution is -2.12. The standard InChI is InChI=1S/C15H18N2OS/c1-11(2)12-3-5-13(6-4-12)17-15(18)8-7-14-9-19-10-16-14/h3-6,9-11H,7-8H2,1-2H3,(H,17,18). The lowest BCUT2D eigenvalue weighted by Gasteiger charge is -2.08. The maximum atomic E-state index is 11.8. The number of aromatic nitrogens is 1. The number of hydrogen-bond acceptors (Lipinski definition) is 3.